The van der Waals surface area contributed by atoms with Crippen molar-refractivity contribution in [1.82, 2.24) is 14.7 Å². The number of unbranched alkanes of at least 4 members (excludes halogenated alkanes) is 6. The fraction of sp³-hybridized carbons (Fsp3) is 0.927. The molecule has 0 aromatic rings. The Hall–Kier alpha value is -0.110. The van der Waals surface area contributed by atoms with Crippen molar-refractivity contribution in [3.05, 3.63) is 0 Å². The van der Waals surface area contributed by atoms with Crippen molar-refractivity contribution in [1.29, 1.82) is 0 Å². The van der Waals surface area contributed by atoms with Crippen LogP contribution in [-0.4, -0.2) is 127 Å². The Morgan fingerprint density at radius 2 is 1.02 bits per heavy atom. The summed E-state index contributed by atoms with van der Waals surface area (Å²) in [5.41, 5.74) is 0. The van der Waals surface area contributed by atoms with Gasteiger partial charge >= 0.3 is 11.9 Å². The first-order valence-corrected chi connectivity index (χ1v) is 25.5. The molecule has 0 atom stereocenters. The number of rotatable bonds is 39. The van der Waals surface area contributed by atoms with Gasteiger partial charge in [0.1, 0.15) is 6.29 Å². The van der Waals surface area contributed by atoms with Gasteiger partial charge in [-0.15, -0.1) is 0 Å². The minimum Gasteiger partial charge on any atom is -0.466 e. The number of aldehydes is 1. The van der Waals surface area contributed by atoms with E-state index >= 15 is 0 Å². The Labute approximate surface area is 343 Å². The van der Waals surface area contributed by atoms with Crippen molar-refractivity contribution in [2.45, 2.75) is 161 Å². The number of ether oxygens (including phenoxy) is 2. The minimum absolute atomic E-state index is 0.0721. The summed E-state index contributed by atoms with van der Waals surface area (Å²) in [5.74, 6) is 2.12. The third-order valence-electron chi connectivity index (χ3n) is 9.06. The second-order valence-corrected chi connectivity index (χ2v) is 21.8. The monoisotopic (exact) mass is 824 g/mol. The second kappa shape index (κ2) is 35.1. The Kier molecular flexibility index (Phi) is 35.0. The van der Waals surface area contributed by atoms with E-state index in [9.17, 15) is 14.4 Å². The van der Waals surface area contributed by atoms with E-state index in [2.05, 4.69) is 70.2 Å². The highest BCUT2D eigenvalue weighted by Crippen LogP contribution is 2.39. The molecular formula is C41H81N3O5S4. The maximum atomic E-state index is 12.5. The van der Waals surface area contributed by atoms with Gasteiger partial charge in [-0.2, -0.15) is 0 Å². The van der Waals surface area contributed by atoms with Crippen molar-refractivity contribution in [3.63, 3.8) is 0 Å². The van der Waals surface area contributed by atoms with E-state index in [-0.39, 0.29) is 21.4 Å². The average molecular weight is 824 g/mol. The predicted octanol–water partition coefficient (Wildman–Crippen LogP) is 10.4. The molecule has 0 amide bonds. The summed E-state index contributed by atoms with van der Waals surface area (Å²) in [4.78, 5) is 43.1. The summed E-state index contributed by atoms with van der Waals surface area (Å²) in [6.07, 6.45) is 17.4. The lowest BCUT2D eigenvalue weighted by Crippen LogP contribution is -2.33. The first kappa shape index (κ1) is 52.9. The number of carbonyl (C=O) groups is 3. The van der Waals surface area contributed by atoms with Crippen LogP contribution in [0.1, 0.15) is 151 Å². The van der Waals surface area contributed by atoms with Crippen LogP contribution in [0, 0.1) is 0 Å². The van der Waals surface area contributed by atoms with Crippen LogP contribution in [-0.2, 0) is 23.9 Å². The van der Waals surface area contributed by atoms with Crippen LogP contribution in [0.2, 0.25) is 0 Å². The molecule has 53 heavy (non-hydrogen) atoms. The summed E-state index contributed by atoms with van der Waals surface area (Å²) in [5, 5.41) is 0. The molecule has 0 radical (unpaired) electrons. The third kappa shape index (κ3) is 34.8. The van der Waals surface area contributed by atoms with Gasteiger partial charge in [0, 0.05) is 47.1 Å². The molecular weight excluding hydrogens is 743 g/mol. The Balaban J connectivity index is 4.30. The summed E-state index contributed by atoms with van der Waals surface area (Å²) in [6.45, 7) is 23.3. The normalized spacial score (nSPS) is 12.3. The first-order chi connectivity index (χ1) is 25.4. The number of hydrogen-bond donors (Lipinski definition) is 0. The quantitative estimate of drug-likeness (QED) is 0.0256. The van der Waals surface area contributed by atoms with Crippen LogP contribution in [0.15, 0.2) is 0 Å². The van der Waals surface area contributed by atoms with Gasteiger partial charge < -0.3 is 29.0 Å². The van der Waals surface area contributed by atoms with Gasteiger partial charge in [-0.3, -0.25) is 9.59 Å². The van der Waals surface area contributed by atoms with E-state index in [0.717, 1.165) is 77.7 Å². The highest BCUT2D eigenvalue weighted by atomic mass is 33.1. The molecule has 0 unspecified atom stereocenters. The fourth-order valence-electron chi connectivity index (χ4n) is 5.59. The van der Waals surface area contributed by atoms with E-state index in [0.29, 0.717) is 45.6 Å². The lowest BCUT2D eigenvalue weighted by atomic mass is 10.1. The minimum atomic E-state index is -0.155. The lowest BCUT2D eigenvalue weighted by Gasteiger charge is -2.25. The molecule has 0 heterocycles. The molecule has 0 N–H and O–H groups in total. The average Bonchev–Trinajstić information content (AvgIpc) is 3.10. The van der Waals surface area contributed by atoms with E-state index in [4.69, 9.17) is 9.47 Å². The molecule has 0 saturated heterocycles. The van der Waals surface area contributed by atoms with Crippen LogP contribution in [0.4, 0.5) is 0 Å². The van der Waals surface area contributed by atoms with Gasteiger partial charge in [-0.1, -0.05) is 102 Å². The largest absolute Gasteiger partial charge is 0.466 e. The maximum Gasteiger partial charge on any atom is 0.307 e. The van der Waals surface area contributed by atoms with E-state index in [1.54, 1.807) is 0 Å². The van der Waals surface area contributed by atoms with Crippen LogP contribution in [0.25, 0.3) is 0 Å². The van der Waals surface area contributed by atoms with Crippen molar-refractivity contribution in [3.8, 4) is 0 Å². The molecule has 0 aromatic carbocycles. The smallest absolute Gasteiger partial charge is 0.307 e. The summed E-state index contributed by atoms with van der Waals surface area (Å²) in [7, 11) is 9.87. The zero-order chi connectivity index (χ0) is 39.6. The predicted molar refractivity (Wildman–Crippen MR) is 238 cm³/mol. The number of nitrogens with zero attached hydrogens (tertiary/aromatic N) is 3. The maximum absolute atomic E-state index is 12.5. The van der Waals surface area contributed by atoms with Crippen LogP contribution in [0.5, 0.6) is 0 Å². The van der Waals surface area contributed by atoms with Crippen LogP contribution < -0.4 is 0 Å². The molecule has 12 heteroatoms. The van der Waals surface area contributed by atoms with E-state index in [1.807, 2.05) is 43.2 Å². The third-order valence-corrected chi connectivity index (χ3v) is 15.9. The molecule has 314 valence electrons. The molecule has 0 bridgehead atoms. The number of esters is 2. The molecule has 0 rings (SSSR count). The summed E-state index contributed by atoms with van der Waals surface area (Å²) >= 11 is 0. The van der Waals surface area contributed by atoms with Crippen molar-refractivity contribution >= 4 is 61.4 Å². The highest BCUT2D eigenvalue weighted by molar-refractivity contribution is 8.77. The number of carbonyl (C=O) groups excluding carboxylic acids is 3. The van der Waals surface area contributed by atoms with E-state index < -0.39 is 0 Å². The standard InChI is InChI=1S/C41H81N3O5S4/c1-9-12-14-16-36-50-52-40(4,5)23-34-48-38(46)21-31-43(25-11-3)28-18-26-42(8)27-19-29-44(30-20-33-45)32-22-39(47)49-35-24-41(6,7)53-51-37-17-15-13-10-2/h33H,9-32,34-37H2,1-8H3. The van der Waals surface area contributed by atoms with E-state index in [1.165, 1.54) is 62.9 Å². The van der Waals surface area contributed by atoms with Crippen molar-refractivity contribution < 1.29 is 23.9 Å². The topological polar surface area (TPSA) is 79.4 Å². The van der Waals surface area contributed by atoms with Crippen molar-refractivity contribution in [2.75, 3.05) is 84.1 Å². The van der Waals surface area contributed by atoms with Crippen molar-refractivity contribution in [2.24, 2.45) is 0 Å². The second-order valence-electron chi connectivity index (χ2n) is 15.5. The van der Waals surface area contributed by atoms with Gasteiger partial charge in [0.2, 0.25) is 0 Å². The van der Waals surface area contributed by atoms with Crippen LogP contribution in [0.3, 0.4) is 0 Å². The zero-order valence-electron chi connectivity index (χ0n) is 35.4. The van der Waals surface area contributed by atoms with Gasteiger partial charge in [-0.25, -0.2) is 0 Å². The molecule has 0 aliphatic carbocycles. The lowest BCUT2D eigenvalue weighted by molar-refractivity contribution is -0.145. The van der Waals surface area contributed by atoms with Gasteiger partial charge in [0.25, 0.3) is 0 Å². The summed E-state index contributed by atoms with van der Waals surface area (Å²) < 4.78 is 11.4. The zero-order valence-corrected chi connectivity index (χ0v) is 38.7. The van der Waals surface area contributed by atoms with Gasteiger partial charge in [0.15, 0.2) is 0 Å². The highest BCUT2D eigenvalue weighted by Gasteiger charge is 2.21. The SMILES string of the molecule is CCCCCCSSC(C)(C)CCOC(=O)CCN(CCC)CCCN(C)CCCN(CCC=O)CCC(=O)OCCC(C)(C)SSCCCCCC. The number of hydrogen-bond acceptors (Lipinski definition) is 12. The molecule has 8 nitrogen and oxygen atoms in total. The molecule has 0 spiro atoms. The fourth-order valence-corrected chi connectivity index (χ4v) is 11.0. The molecule has 0 aliphatic rings. The molecule has 0 saturated carbocycles. The molecule has 0 aromatic heterocycles. The van der Waals surface area contributed by atoms with Crippen LogP contribution >= 0.6 is 43.2 Å². The van der Waals surface area contributed by atoms with Gasteiger partial charge in [0.05, 0.1) is 26.1 Å². The summed E-state index contributed by atoms with van der Waals surface area (Å²) in [6, 6.07) is 0. The molecule has 0 aliphatic heterocycles. The molecule has 0 fully saturated rings. The van der Waals surface area contributed by atoms with Gasteiger partial charge in [-0.05, 0) is 112 Å². The first-order valence-electron chi connectivity index (χ1n) is 20.9. The Morgan fingerprint density at radius 1 is 0.566 bits per heavy atom. The Morgan fingerprint density at radius 3 is 1.43 bits per heavy atom. The Bertz CT molecular complexity index is 900.